The molecule has 1 saturated carbocycles. The molecule has 1 fully saturated rings. The summed E-state index contributed by atoms with van der Waals surface area (Å²) < 4.78 is 5.25. The van der Waals surface area contributed by atoms with Crippen molar-refractivity contribution in [3.05, 3.63) is 16.3 Å². The second-order valence-corrected chi connectivity index (χ2v) is 5.56. The SMILES string of the molecule is COc1ccsc1C(O)CC1CCCCC1. The second kappa shape index (κ2) is 5.69. The van der Waals surface area contributed by atoms with E-state index in [1.807, 2.05) is 11.4 Å². The molecule has 0 bridgehead atoms. The number of hydrogen-bond acceptors (Lipinski definition) is 3. The second-order valence-electron chi connectivity index (χ2n) is 4.61. The van der Waals surface area contributed by atoms with Crippen LogP contribution in [0.2, 0.25) is 0 Å². The van der Waals surface area contributed by atoms with Crippen LogP contribution in [0.1, 0.15) is 49.5 Å². The first-order chi connectivity index (χ1) is 7.81. The van der Waals surface area contributed by atoms with E-state index in [9.17, 15) is 5.11 Å². The number of hydrogen-bond donors (Lipinski definition) is 1. The summed E-state index contributed by atoms with van der Waals surface area (Å²) in [6.45, 7) is 0. The van der Waals surface area contributed by atoms with Gasteiger partial charge in [0.1, 0.15) is 5.75 Å². The van der Waals surface area contributed by atoms with Crippen LogP contribution in [0.15, 0.2) is 11.4 Å². The van der Waals surface area contributed by atoms with Gasteiger partial charge in [0.15, 0.2) is 0 Å². The zero-order valence-corrected chi connectivity index (χ0v) is 10.6. The van der Waals surface area contributed by atoms with Crippen LogP contribution in [-0.2, 0) is 0 Å². The molecule has 1 aromatic heterocycles. The molecule has 1 aromatic rings. The number of aliphatic hydroxyl groups excluding tert-OH is 1. The average Bonchev–Trinajstić information content (AvgIpc) is 2.78. The molecule has 1 N–H and O–H groups in total. The summed E-state index contributed by atoms with van der Waals surface area (Å²) in [7, 11) is 1.67. The minimum atomic E-state index is -0.335. The lowest BCUT2D eigenvalue weighted by Crippen LogP contribution is -2.10. The Bertz CT molecular complexity index is 315. The molecule has 0 saturated heterocycles. The van der Waals surface area contributed by atoms with Crippen LogP contribution in [0.4, 0.5) is 0 Å². The van der Waals surface area contributed by atoms with Gasteiger partial charge < -0.3 is 9.84 Å². The van der Waals surface area contributed by atoms with Crippen molar-refractivity contribution in [2.45, 2.75) is 44.6 Å². The van der Waals surface area contributed by atoms with Gasteiger partial charge in [0.05, 0.1) is 18.1 Å². The van der Waals surface area contributed by atoms with Crippen molar-refractivity contribution in [2.75, 3.05) is 7.11 Å². The molecule has 0 amide bonds. The highest BCUT2D eigenvalue weighted by Crippen LogP contribution is 2.37. The summed E-state index contributed by atoms with van der Waals surface area (Å²) in [6.07, 6.45) is 7.16. The molecule has 0 radical (unpaired) electrons. The van der Waals surface area contributed by atoms with E-state index in [4.69, 9.17) is 4.74 Å². The van der Waals surface area contributed by atoms with Gasteiger partial charge in [-0.05, 0) is 23.8 Å². The predicted octanol–water partition coefficient (Wildman–Crippen LogP) is 3.76. The van der Waals surface area contributed by atoms with Crippen molar-refractivity contribution in [3.8, 4) is 5.75 Å². The molecule has 90 valence electrons. The highest BCUT2D eigenvalue weighted by Gasteiger charge is 2.21. The fourth-order valence-corrected chi connectivity index (χ4v) is 3.43. The largest absolute Gasteiger partial charge is 0.495 e. The molecule has 0 spiro atoms. The van der Waals surface area contributed by atoms with Gasteiger partial charge in [-0.3, -0.25) is 0 Å². The molecule has 3 heteroatoms. The first-order valence-electron chi connectivity index (χ1n) is 6.10. The Morgan fingerprint density at radius 2 is 2.19 bits per heavy atom. The van der Waals surface area contributed by atoms with E-state index in [2.05, 4.69) is 0 Å². The van der Waals surface area contributed by atoms with Crippen LogP contribution in [-0.4, -0.2) is 12.2 Å². The molecule has 16 heavy (non-hydrogen) atoms. The maximum atomic E-state index is 10.2. The average molecular weight is 240 g/mol. The fourth-order valence-electron chi connectivity index (χ4n) is 2.57. The third-order valence-corrected chi connectivity index (χ3v) is 4.46. The van der Waals surface area contributed by atoms with Gasteiger partial charge >= 0.3 is 0 Å². The standard InChI is InChI=1S/C13H20O2S/c1-15-12-7-8-16-13(12)11(14)9-10-5-3-2-4-6-10/h7-8,10-11,14H,2-6,9H2,1H3. The van der Waals surface area contributed by atoms with Gasteiger partial charge in [0.2, 0.25) is 0 Å². The van der Waals surface area contributed by atoms with Crippen molar-refractivity contribution in [1.82, 2.24) is 0 Å². The van der Waals surface area contributed by atoms with Crippen molar-refractivity contribution in [1.29, 1.82) is 0 Å². The number of aliphatic hydroxyl groups is 1. The fraction of sp³-hybridized carbons (Fsp3) is 0.692. The van der Waals surface area contributed by atoms with Gasteiger partial charge in [-0.2, -0.15) is 0 Å². The molecular formula is C13H20O2S. The van der Waals surface area contributed by atoms with E-state index in [0.29, 0.717) is 5.92 Å². The minimum Gasteiger partial charge on any atom is -0.495 e. The van der Waals surface area contributed by atoms with Crippen molar-refractivity contribution in [3.63, 3.8) is 0 Å². The van der Waals surface area contributed by atoms with Crippen LogP contribution in [0.3, 0.4) is 0 Å². The van der Waals surface area contributed by atoms with E-state index >= 15 is 0 Å². The lowest BCUT2D eigenvalue weighted by atomic mass is 9.85. The normalized spacial score (nSPS) is 19.6. The van der Waals surface area contributed by atoms with Crippen LogP contribution < -0.4 is 4.74 Å². The first-order valence-corrected chi connectivity index (χ1v) is 6.98. The molecule has 1 aliphatic carbocycles. The Hall–Kier alpha value is -0.540. The molecule has 0 aliphatic heterocycles. The van der Waals surface area contributed by atoms with Crippen LogP contribution in [0.5, 0.6) is 5.75 Å². The maximum absolute atomic E-state index is 10.2. The number of ether oxygens (including phenoxy) is 1. The van der Waals surface area contributed by atoms with Gasteiger partial charge in [0.25, 0.3) is 0 Å². The third-order valence-electron chi connectivity index (χ3n) is 3.46. The smallest absolute Gasteiger partial charge is 0.135 e. The highest BCUT2D eigenvalue weighted by atomic mass is 32.1. The summed E-state index contributed by atoms with van der Waals surface area (Å²) in [5.41, 5.74) is 0. The van der Waals surface area contributed by atoms with Crippen LogP contribution in [0.25, 0.3) is 0 Å². The topological polar surface area (TPSA) is 29.5 Å². The minimum absolute atomic E-state index is 0.335. The quantitative estimate of drug-likeness (QED) is 0.868. The zero-order chi connectivity index (χ0) is 11.4. The number of methoxy groups -OCH3 is 1. The van der Waals surface area contributed by atoms with Crippen LogP contribution >= 0.6 is 11.3 Å². The molecule has 1 aliphatic rings. The molecule has 0 aromatic carbocycles. The summed E-state index contributed by atoms with van der Waals surface area (Å²) in [5, 5.41) is 12.2. The Kier molecular flexibility index (Phi) is 4.24. The monoisotopic (exact) mass is 240 g/mol. The molecule has 1 atom stereocenters. The Morgan fingerprint density at radius 3 is 2.88 bits per heavy atom. The third kappa shape index (κ3) is 2.77. The maximum Gasteiger partial charge on any atom is 0.135 e. The number of thiophene rings is 1. The van der Waals surface area contributed by atoms with E-state index in [1.165, 1.54) is 32.1 Å². The molecular weight excluding hydrogens is 220 g/mol. The van der Waals surface area contributed by atoms with E-state index < -0.39 is 0 Å². The highest BCUT2D eigenvalue weighted by molar-refractivity contribution is 7.10. The molecule has 2 nitrogen and oxygen atoms in total. The zero-order valence-electron chi connectivity index (χ0n) is 9.82. The Morgan fingerprint density at radius 1 is 1.44 bits per heavy atom. The Balaban J connectivity index is 1.93. The molecule has 2 rings (SSSR count). The Labute approximate surface area is 101 Å². The van der Waals surface area contributed by atoms with E-state index in [1.54, 1.807) is 18.4 Å². The van der Waals surface area contributed by atoms with Gasteiger partial charge in [-0.15, -0.1) is 11.3 Å². The summed E-state index contributed by atoms with van der Waals surface area (Å²) in [4.78, 5) is 0.994. The lowest BCUT2D eigenvalue weighted by Gasteiger charge is -2.23. The molecule has 1 heterocycles. The van der Waals surface area contributed by atoms with Gasteiger partial charge in [-0.1, -0.05) is 32.1 Å². The van der Waals surface area contributed by atoms with E-state index in [0.717, 1.165) is 17.0 Å². The van der Waals surface area contributed by atoms with Crippen molar-refractivity contribution < 1.29 is 9.84 Å². The molecule has 1 unspecified atom stereocenters. The van der Waals surface area contributed by atoms with Crippen LogP contribution in [0, 0.1) is 5.92 Å². The number of rotatable bonds is 4. The van der Waals surface area contributed by atoms with E-state index in [-0.39, 0.29) is 6.10 Å². The van der Waals surface area contributed by atoms with Crippen molar-refractivity contribution >= 4 is 11.3 Å². The predicted molar refractivity (Wildman–Crippen MR) is 67.0 cm³/mol. The van der Waals surface area contributed by atoms with Gasteiger partial charge in [-0.25, -0.2) is 0 Å². The van der Waals surface area contributed by atoms with Gasteiger partial charge in [0, 0.05) is 0 Å². The summed E-state index contributed by atoms with van der Waals surface area (Å²) in [6, 6.07) is 1.93. The summed E-state index contributed by atoms with van der Waals surface area (Å²) >= 11 is 1.60. The summed E-state index contributed by atoms with van der Waals surface area (Å²) in [5.74, 6) is 1.55. The van der Waals surface area contributed by atoms with Crippen molar-refractivity contribution in [2.24, 2.45) is 5.92 Å². The first kappa shape index (κ1) is 11.9. The lowest BCUT2D eigenvalue weighted by molar-refractivity contribution is 0.132.